The fourth-order valence-electron chi connectivity index (χ4n) is 0.728. The van der Waals surface area contributed by atoms with Crippen LogP contribution in [0.5, 0.6) is 5.75 Å². The van der Waals surface area contributed by atoms with Gasteiger partial charge in [-0.25, -0.2) is 0 Å². The van der Waals surface area contributed by atoms with E-state index in [4.69, 9.17) is 4.74 Å². The number of alkyl halides is 1. The Kier molecular flexibility index (Phi) is 3.93. The normalized spacial score (nSPS) is 12.2. The van der Waals surface area contributed by atoms with Gasteiger partial charge < -0.3 is 4.74 Å². The highest BCUT2D eigenvalue weighted by atomic mass is 79.9. The van der Waals surface area contributed by atoms with Gasteiger partial charge >= 0.3 is 5.97 Å². The van der Waals surface area contributed by atoms with Gasteiger partial charge in [0.05, 0.1) is 0 Å². The second-order valence-electron chi connectivity index (χ2n) is 2.49. The Morgan fingerprint density at radius 3 is 2.77 bits per heavy atom. The molecule has 0 saturated heterocycles. The van der Waals surface area contributed by atoms with Crippen LogP contribution in [-0.2, 0) is 4.79 Å². The summed E-state index contributed by atoms with van der Waals surface area (Å²) in [5, 5.41) is 0. The molecule has 0 aliphatic rings. The molecule has 0 radical (unpaired) electrons. The number of esters is 1. The Labute approximate surface area is 93.5 Å². The van der Waals surface area contributed by atoms with E-state index in [2.05, 4.69) is 31.9 Å². The maximum Gasteiger partial charge on any atom is 0.324 e. The topological polar surface area (TPSA) is 26.3 Å². The van der Waals surface area contributed by atoms with Gasteiger partial charge in [-0.15, -0.1) is 0 Å². The molecule has 1 atom stereocenters. The minimum Gasteiger partial charge on any atom is -0.426 e. The summed E-state index contributed by atoms with van der Waals surface area (Å²) in [5.41, 5.74) is 0. The molecule has 4 heteroatoms. The van der Waals surface area contributed by atoms with Crippen molar-refractivity contribution in [3.8, 4) is 5.75 Å². The number of halogens is 2. The largest absolute Gasteiger partial charge is 0.426 e. The smallest absolute Gasteiger partial charge is 0.324 e. The zero-order valence-corrected chi connectivity index (χ0v) is 10.1. The summed E-state index contributed by atoms with van der Waals surface area (Å²) in [7, 11) is 0. The molecule has 0 amide bonds. The highest BCUT2D eigenvalue weighted by molar-refractivity contribution is 9.10. The van der Waals surface area contributed by atoms with Crippen LogP contribution in [0, 0.1) is 0 Å². The third-order valence-corrected chi connectivity index (χ3v) is 2.21. The van der Waals surface area contributed by atoms with E-state index >= 15 is 0 Å². The van der Waals surface area contributed by atoms with Crippen molar-refractivity contribution in [2.75, 3.05) is 0 Å². The van der Waals surface area contributed by atoms with Crippen LogP contribution in [0.1, 0.15) is 6.92 Å². The number of rotatable bonds is 2. The van der Waals surface area contributed by atoms with Crippen molar-refractivity contribution in [1.82, 2.24) is 0 Å². The molecular formula is C9H8Br2O2. The predicted octanol–water partition coefficient (Wildman–Crippen LogP) is 3.14. The van der Waals surface area contributed by atoms with Gasteiger partial charge in [-0.3, -0.25) is 4.79 Å². The molecule has 0 N–H and O–H groups in total. The van der Waals surface area contributed by atoms with Gasteiger partial charge in [0, 0.05) is 4.47 Å². The number of carbonyl (C=O) groups is 1. The Morgan fingerprint density at radius 2 is 2.23 bits per heavy atom. The van der Waals surface area contributed by atoms with Gasteiger partial charge in [-0.2, -0.15) is 0 Å². The summed E-state index contributed by atoms with van der Waals surface area (Å²) in [4.78, 5) is 10.9. The number of ether oxygens (including phenoxy) is 1. The van der Waals surface area contributed by atoms with E-state index in [1.807, 2.05) is 12.1 Å². The van der Waals surface area contributed by atoms with Crippen LogP contribution >= 0.6 is 31.9 Å². The van der Waals surface area contributed by atoms with E-state index in [-0.39, 0.29) is 10.8 Å². The van der Waals surface area contributed by atoms with Crippen molar-refractivity contribution in [1.29, 1.82) is 0 Å². The van der Waals surface area contributed by atoms with Crippen molar-refractivity contribution in [3.05, 3.63) is 28.7 Å². The molecule has 1 rings (SSSR count). The lowest BCUT2D eigenvalue weighted by Gasteiger charge is -2.05. The SMILES string of the molecule is CC(Br)C(=O)Oc1cccc(Br)c1. The van der Waals surface area contributed by atoms with Crippen LogP contribution in [0.3, 0.4) is 0 Å². The highest BCUT2D eigenvalue weighted by Crippen LogP contribution is 2.18. The molecule has 2 nitrogen and oxygen atoms in total. The number of hydrogen-bond acceptors (Lipinski definition) is 2. The molecular weight excluding hydrogens is 300 g/mol. The first-order valence-electron chi connectivity index (χ1n) is 3.71. The summed E-state index contributed by atoms with van der Waals surface area (Å²) in [5.74, 6) is 0.253. The number of hydrogen-bond donors (Lipinski definition) is 0. The third-order valence-electron chi connectivity index (χ3n) is 1.34. The first kappa shape index (κ1) is 10.7. The van der Waals surface area contributed by atoms with Gasteiger partial charge in [-0.05, 0) is 25.1 Å². The lowest BCUT2D eigenvalue weighted by Crippen LogP contribution is -2.16. The molecule has 0 aromatic heterocycles. The van der Waals surface area contributed by atoms with Crippen molar-refractivity contribution in [2.24, 2.45) is 0 Å². The molecule has 70 valence electrons. The summed E-state index contributed by atoms with van der Waals surface area (Å²) in [6.07, 6.45) is 0. The van der Waals surface area contributed by atoms with Crippen LogP contribution in [0.15, 0.2) is 28.7 Å². The first-order chi connectivity index (χ1) is 6.09. The van der Waals surface area contributed by atoms with Gasteiger partial charge in [0.25, 0.3) is 0 Å². The van der Waals surface area contributed by atoms with E-state index < -0.39 is 0 Å². The van der Waals surface area contributed by atoms with E-state index in [0.717, 1.165) is 4.47 Å². The summed E-state index contributed by atoms with van der Waals surface area (Å²) in [6, 6.07) is 7.16. The van der Waals surface area contributed by atoms with Gasteiger partial charge in [0.2, 0.25) is 0 Å². The average molecular weight is 308 g/mol. The molecule has 1 unspecified atom stereocenters. The zero-order valence-electron chi connectivity index (χ0n) is 6.96. The summed E-state index contributed by atoms with van der Waals surface area (Å²) < 4.78 is 5.93. The maximum atomic E-state index is 11.1. The fourth-order valence-corrected chi connectivity index (χ4v) is 1.20. The Morgan fingerprint density at radius 1 is 1.54 bits per heavy atom. The molecule has 0 aliphatic carbocycles. The van der Waals surface area contributed by atoms with E-state index in [1.54, 1.807) is 19.1 Å². The Bertz CT molecular complexity index is 310. The van der Waals surface area contributed by atoms with Gasteiger partial charge in [-0.1, -0.05) is 37.9 Å². The van der Waals surface area contributed by atoms with Crippen LogP contribution in [0.4, 0.5) is 0 Å². The second-order valence-corrected chi connectivity index (χ2v) is 4.78. The van der Waals surface area contributed by atoms with E-state index in [9.17, 15) is 4.79 Å². The van der Waals surface area contributed by atoms with Crippen molar-refractivity contribution >= 4 is 37.8 Å². The second kappa shape index (κ2) is 4.77. The molecule has 0 heterocycles. The standard InChI is InChI=1S/C9H8Br2O2/c1-6(10)9(12)13-8-4-2-3-7(11)5-8/h2-6H,1H3. The molecule has 0 aliphatic heterocycles. The monoisotopic (exact) mass is 306 g/mol. The molecule has 0 bridgehead atoms. The van der Waals surface area contributed by atoms with Gasteiger partial charge in [0.15, 0.2) is 0 Å². The first-order valence-corrected chi connectivity index (χ1v) is 5.42. The van der Waals surface area contributed by atoms with Gasteiger partial charge in [0.1, 0.15) is 10.6 Å². The predicted molar refractivity (Wildman–Crippen MR) is 58.2 cm³/mol. The number of benzene rings is 1. The minimum absolute atomic E-state index is 0.286. The van der Waals surface area contributed by atoms with Crippen molar-refractivity contribution in [3.63, 3.8) is 0 Å². The molecule has 0 spiro atoms. The van der Waals surface area contributed by atoms with Crippen LogP contribution in [0.25, 0.3) is 0 Å². The van der Waals surface area contributed by atoms with Crippen molar-refractivity contribution in [2.45, 2.75) is 11.8 Å². The fraction of sp³-hybridized carbons (Fsp3) is 0.222. The number of carbonyl (C=O) groups excluding carboxylic acids is 1. The van der Waals surface area contributed by atoms with Crippen LogP contribution in [-0.4, -0.2) is 10.8 Å². The molecule has 1 aromatic carbocycles. The quantitative estimate of drug-likeness (QED) is 0.477. The van der Waals surface area contributed by atoms with Crippen molar-refractivity contribution < 1.29 is 9.53 Å². The van der Waals surface area contributed by atoms with Crippen LogP contribution in [0.2, 0.25) is 0 Å². The maximum absolute atomic E-state index is 11.1. The Balaban J connectivity index is 2.69. The minimum atomic E-state index is -0.293. The zero-order chi connectivity index (χ0) is 9.84. The van der Waals surface area contributed by atoms with E-state index in [1.165, 1.54) is 0 Å². The third kappa shape index (κ3) is 3.48. The molecule has 13 heavy (non-hydrogen) atoms. The summed E-state index contributed by atoms with van der Waals surface area (Å²) in [6.45, 7) is 1.72. The molecule has 0 fully saturated rings. The average Bonchev–Trinajstić information content (AvgIpc) is 2.04. The molecule has 0 saturated carbocycles. The lowest BCUT2D eigenvalue weighted by molar-refractivity contribution is -0.133. The Hall–Kier alpha value is -0.350. The molecule has 1 aromatic rings. The highest BCUT2D eigenvalue weighted by Gasteiger charge is 2.10. The lowest BCUT2D eigenvalue weighted by atomic mass is 10.3. The summed E-state index contributed by atoms with van der Waals surface area (Å²) >= 11 is 6.42. The van der Waals surface area contributed by atoms with Crippen LogP contribution < -0.4 is 4.74 Å². The van der Waals surface area contributed by atoms with E-state index in [0.29, 0.717) is 5.75 Å².